The third-order valence-electron chi connectivity index (χ3n) is 4.92. The highest BCUT2D eigenvalue weighted by Gasteiger charge is 2.39. The summed E-state index contributed by atoms with van der Waals surface area (Å²) in [7, 11) is 0. The number of primary amides is 1. The fourth-order valence-electron chi connectivity index (χ4n) is 3.42. The molecule has 3 rings (SSSR count). The summed E-state index contributed by atoms with van der Waals surface area (Å²) < 4.78 is 5.46. The summed E-state index contributed by atoms with van der Waals surface area (Å²) in [6.07, 6.45) is 5.09. The van der Waals surface area contributed by atoms with Crippen LogP contribution in [0.25, 0.3) is 0 Å². The molecular formula is C18H24N2O3. The van der Waals surface area contributed by atoms with E-state index in [9.17, 15) is 9.59 Å². The van der Waals surface area contributed by atoms with Crippen molar-refractivity contribution in [2.24, 2.45) is 5.73 Å². The molecule has 1 aliphatic carbocycles. The second kappa shape index (κ2) is 6.32. The number of rotatable bonds is 3. The van der Waals surface area contributed by atoms with Crippen LogP contribution in [-0.2, 0) is 33.6 Å². The van der Waals surface area contributed by atoms with Crippen molar-refractivity contribution in [1.29, 1.82) is 0 Å². The Labute approximate surface area is 136 Å². The van der Waals surface area contributed by atoms with Crippen LogP contribution in [0.3, 0.4) is 0 Å². The normalized spacial score (nSPS) is 24.1. The molecule has 124 valence electrons. The van der Waals surface area contributed by atoms with Gasteiger partial charge in [0.05, 0.1) is 19.6 Å². The highest BCUT2D eigenvalue weighted by molar-refractivity contribution is 5.85. The number of nitrogens with two attached hydrogens (primary N) is 1. The summed E-state index contributed by atoms with van der Waals surface area (Å²) in [6.45, 7) is 2.72. The Hall–Kier alpha value is -1.88. The molecule has 1 aromatic rings. The predicted octanol–water partition coefficient (Wildman–Crippen LogP) is 1.21. The van der Waals surface area contributed by atoms with E-state index in [0.29, 0.717) is 19.6 Å². The van der Waals surface area contributed by atoms with Gasteiger partial charge in [0.25, 0.3) is 5.91 Å². The molecule has 1 aromatic carbocycles. The van der Waals surface area contributed by atoms with Gasteiger partial charge < -0.3 is 15.4 Å². The van der Waals surface area contributed by atoms with E-state index in [1.807, 2.05) is 0 Å². The quantitative estimate of drug-likeness (QED) is 0.911. The molecule has 1 atom stereocenters. The Kier molecular flexibility index (Phi) is 4.39. The van der Waals surface area contributed by atoms with Crippen molar-refractivity contribution < 1.29 is 14.3 Å². The van der Waals surface area contributed by atoms with Crippen molar-refractivity contribution >= 4 is 11.8 Å². The van der Waals surface area contributed by atoms with Crippen molar-refractivity contribution in [3.8, 4) is 0 Å². The number of amides is 2. The van der Waals surface area contributed by atoms with E-state index in [0.717, 1.165) is 18.4 Å². The van der Waals surface area contributed by atoms with E-state index >= 15 is 0 Å². The molecule has 1 unspecified atom stereocenters. The molecule has 1 heterocycles. The first kappa shape index (κ1) is 16.0. The number of carbonyl (C=O) groups excluding carboxylic acids is 2. The Bertz CT molecular complexity index is 629. The van der Waals surface area contributed by atoms with Crippen molar-refractivity contribution in [1.82, 2.24) is 4.90 Å². The first-order valence-corrected chi connectivity index (χ1v) is 8.30. The van der Waals surface area contributed by atoms with Crippen LogP contribution in [0.1, 0.15) is 36.5 Å². The molecule has 1 aliphatic heterocycles. The number of nitrogens with zero attached hydrogens (tertiary/aromatic N) is 1. The van der Waals surface area contributed by atoms with Crippen molar-refractivity contribution in [3.05, 3.63) is 34.9 Å². The lowest BCUT2D eigenvalue weighted by molar-refractivity contribution is -0.160. The van der Waals surface area contributed by atoms with Gasteiger partial charge in [-0.3, -0.25) is 9.59 Å². The zero-order valence-electron chi connectivity index (χ0n) is 13.6. The van der Waals surface area contributed by atoms with Crippen LogP contribution < -0.4 is 5.73 Å². The zero-order chi connectivity index (χ0) is 16.4. The van der Waals surface area contributed by atoms with Gasteiger partial charge in [-0.15, -0.1) is 0 Å². The fourth-order valence-corrected chi connectivity index (χ4v) is 3.42. The van der Waals surface area contributed by atoms with E-state index < -0.39 is 11.5 Å². The SMILES string of the molecule is CC1(C(N)=O)CN(C(=O)Cc2ccc3c(c2)CCCC3)CCO1. The molecule has 0 aromatic heterocycles. The molecule has 0 saturated carbocycles. The Morgan fingerprint density at radius 3 is 2.74 bits per heavy atom. The summed E-state index contributed by atoms with van der Waals surface area (Å²) in [5.41, 5.74) is 8.15. The zero-order valence-corrected chi connectivity index (χ0v) is 13.6. The van der Waals surface area contributed by atoms with E-state index in [2.05, 4.69) is 18.2 Å². The van der Waals surface area contributed by atoms with Crippen LogP contribution >= 0.6 is 0 Å². The Morgan fingerprint density at radius 2 is 2.00 bits per heavy atom. The monoisotopic (exact) mass is 316 g/mol. The molecule has 0 bridgehead atoms. The molecule has 0 radical (unpaired) electrons. The van der Waals surface area contributed by atoms with Crippen LogP contribution in [-0.4, -0.2) is 42.0 Å². The van der Waals surface area contributed by atoms with Crippen LogP contribution in [0.2, 0.25) is 0 Å². The largest absolute Gasteiger partial charge is 0.367 e. The molecule has 1 saturated heterocycles. The lowest BCUT2D eigenvalue weighted by atomic mass is 9.90. The van der Waals surface area contributed by atoms with E-state index in [4.69, 9.17) is 10.5 Å². The van der Waals surface area contributed by atoms with Crippen LogP contribution in [0.15, 0.2) is 18.2 Å². The van der Waals surface area contributed by atoms with Gasteiger partial charge in [-0.2, -0.15) is 0 Å². The highest BCUT2D eigenvalue weighted by Crippen LogP contribution is 2.23. The Balaban J connectivity index is 1.68. The molecule has 2 amide bonds. The third-order valence-corrected chi connectivity index (χ3v) is 4.92. The average molecular weight is 316 g/mol. The number of aryl methyl sites for hydroxylation is 2. The lowest BCUT2D eigenvalue weighted by Gasteiger charge is -2.38. The van der Waals surface area contributed by atoms with Crippen molar-refractivity contribution in [2.75, 3.05) is 19.7 Å². The van der Waals surface area contributed by atoms with Gasteiger partial charge >= 0.3 is 0 Å². The second-order valence-electron chi connectivity index (χ2n) is 6.75. The van der Waals surface area contributed by atoms with Gasteiger partial charge in [-0.05, 0) is 49.3 Å². The smallest absolute Gasteiger partial charge is 0.251 e. The van der Waals surface area contributed by atoms with E-state index in [1.165, 1.54) is 24.0 Å². The van der Waals surface area contributed by atoms with Gasteiger partial charge in [-0.25, -0.2) is 0 Å². The van der Waals surface area contributed by atoms with Gasteiger partial charge in [0.15, 0.2) is 5.60 Å². The molecule has 1 fully saturated rings. The van der Waals surface area contributed by atoms with E-state index in [-0.39, 0.29) is 12.5 Å². The number of fused-ring (bicyclic) bond motifs is 1. The molecule has 5 nitrogen and oxygen atoms in total. The number of carbonyl (C=O) groups is 2. The second-order valence-corrected chi connectivity index (χ2v) is 6.75. The third kappa shape index (κ3) is 3.39. The fraction of sp³-hybridized carbons (Fsp3) is 0.556. The van der Waals surface area contributed by atoms with Crippen LogP contribution in [0, 0.1) is 0 Å². The summed E-state index contributed by atoms with van der Waals surface area (Å²) in [4.78, 5) is 25.8. The van der Waals surface area contributed by atoms with Gasteiger partial charge in [0.2, 0.25) is 5.91 Å². The number of benzene rings is 1. The Morgan fingerprint density at radius 1 is 1.26 bits per heavy atom. The summed E-state index contributed by atoms with van der Waals surface area (Å²) in [5.74, 6) is -0.500. The van der Waals surface area contributed by atoms with E-state index in [1.54, 1.807) is 11.8 Å². The maximum absolute atomic E-state index is 12.6. The summed E-state index contributed by atoms with van der Waals surface area (Å²) in [6, 6.07) is 6.37. The summed E-state index contributed by atoms with van der Waals surface area (Å²) in [5, 5.41) is 0. The minimum atomic E-state index is -1.08. The highest BCUT2D eigenvalue weighted by atomic mass is 16.5. The van der Waals surface area contributed by atoms with Gasteiger partial charge in [-0.1, -0.05) is 18.2 Å². The molecular weight excluding hydrogens is 292 g/mol. The maximum Gasteiger partial charge on any atom is 0.251 e. The van der Waals surface area contributed by atoms with Gasteiger partial charge in [0.1, 0.15) is 0 Å². The minimum Gasteiger partial charge on any atom is -0.367 e. The number of morpholine rings is 1. The first-order valence-electron chi connectivity index (χ1n) is 8.30. The summed E-state index contributed by atoms with van der Waals surface area (Å²) >= 11 is 0. The topological polar surface area (TPSA) is 72.6 Å². The molecule has 5 heteroatoms. The molecule has 23 heavy (non-hydrogen) atoms. The van der Waals surface area contributed by atoms with Crippen LogP contribution in [0.5, 0.6) is 0 Å². The van der Waals surface area contributed by atoms with Gasteiger partial charge in [0, 0.05) is 6.54 Å². The van der Waals surface area contributed by atoms with Crippen molar-refractivity contribution in [3.63, 3.8) is 0 Å². The van der Waals surface area contributed by atoms with Crippen LogP contribution in [0.4, 0.5) is 0 Å². The molecule has 2 aliphatic rings. The number of ether oxygens (including phenoxy) is 1. The molecule has 2 N–H and O–H groups in total. The number of hydrogen-bond donors (Lipinski definition) is 1. The average Bonchev–Trinajstić information content (AvgIpc) is 2.54. The molecule has 0 spiro atoms. The minimum absolute atomic E-state index is 0.0246. The van der Waals surface area contributed by atoms with Crippen molar-refractivity contribution in [2.45, 2.75) is 44.6 Å². The number of hydrogen-bond acceptors (Lipinski definition) is 3. The first-order chi connectivity index (χ1) is 11.0. The maximum atomic E-state index is 12.6. The standard InChI is InChI=1S/C18H24N2O3/c1-18(17(19)22)12-20(8-9-23-18)16(21)11-13-6-7-14-4-2-3-5-15(14)10-13/h6-7,10H,2-5,8-9,11-12H2,1H3,(H2,19,22). The lowest BCUT2D eigenvalue weighted by Crippen LogP contribution is -2.58. The predicted molar refractivity (Wildman–Crippen MR) is 86.9 cm³/mol.